The van der Waals surface area contributed by atoms with Crippen molar-refractivity contribution in [2.75, 3.05) is 19.8 Å². The molecule has 1 aliphatic rings. The number of nitrogens with one attached hydrogen (secondary N) is 1. The molecule has 134 valence electrons. The van der Waals surface area contributed by atoms with Gasteiger partial charge in [0, 0.05) is 17.8 Å². The molecule has 1 aromatic heterocycles. The predicted octanol–water partition coefficient (Wildman–Crippen LogP) is 2.63. The maximum Gasteiger partial charge on any atom is 0.408 e. The fraction of sp³-hybridized carbons (Fsp3) is 0.625. The normalized spacial score (nSPS) is 16.7. The summed E-state index contributed by atoms with van der Waals surface area (Å²) in [4.78, 5) is 12.3. The zero-order valence-corrected chi connectivity index (χ0v) is 14.0. The highest BCUT2D eigenvalue weighted by Gasteiger charge is 2.31. The molecule has 1 amide bonds. The monoisotopic (exact) mass is 345 g/mol. The molecule has 5 nitrogen and oxygen atoms in total. The van der Waals surface area contributed by atoms with Crippen LogP contribution >= 0.6 is 0 Å². The largest absolute Gasteiger partial charge is 0.408 e. The first-order chi connectivity index (χ1) is 11.2. The summed E-state index contributed by atoms with van der Waals surface area (Å²) in [5.41, 5.74) is 2.36. The second-order valence-corrected chi connectivity index (χ2v) is 6.00. The van der Waals surface area contributed by atoms with Crippen molar-refractivity contribution in [2.24, 2.45) is 0 Å². The topological polar surface area (TPSA) is 56.2 Å². The summed E-state index contributed by atoms with van der Waals surface area (Å²) in [7, 11) is 0. The molecule has 1 aliphatic heterocycles. The van der Waals surface area contributed by atoms with Gasteiger partial charge in [-0.05, 0) is 32.8 Å². The highest BCUT2D eigenvalue weighted by atomic mass is 19.4. The van der Waals surface area contributed by atoms with Gasteiger partial charge in [-0.15, -0.1) is 0 Å². The Balaban J connectivity index is 2.06. The van der Waals surface area contributed by atoms with E-state index in [1.165, 1.54) is 0 Å². The van der Waals surface area contributed by atoms with E-state index in [9.17, 15) is 18.0 Å². The van der Waals surface area contributed by atoms with Gasteiger partial charge in [-0.25, -0.2) is 0 Å². The Hall–Kier alpha value is -1.83. The summed E-state index contributed by atoms with van der Waals surface area (Å²) in [6.07, 6.45) is -1.49. The molecule has 1 aromatic rings. The Morgan fingerprint density at radius 1 is 1.46 bits per heavy atom. The number of hydrogen-bond donors (Lipinski definition) is 1. The van der Waals surface area contributed by atoms with Gasteiger partial charge in [-0.2, -0.15) is 18.3 Å². The number of hydrogen-bond acceptors (Lipinski definition) is 3. The highest BCUT2D eigenvalue weighted by Crippen LogP contribution is 2.26. The molecule has 1 atom stereocenters. The average molecular weight is 345 g/mol. The van der Waals surface area contributed by atoms with Gasteiger partial charge >= 0.3 is 6.18 Å². The number of amides is 1. The average Bonchev–Trinajstić information content (AvgIpc) is 2.77. The van der Waals surface area contributed by atoms with Gasteiger partial charge in [0.25, 0.3) is 0 Å². The second-order valence-electron chi connectivity index (χ2n) is 6.00. The SMILES string of the molecule is Cc1nn(CC(F)(F)F)c(C)c1C(C)C(=O)NCC1=CCCOC1. The highest BCUT2D eigenvalue weighted by molar-refractivity contribution is 5.84. The van der Waals surface area contributed by atoms with Crippen LogP contribution < -0.4 is 5.32 Å². The van der Waals surface area contributed by atoms with Crippen molar-refractivity contribution in [1.82, 2.24) is 15.1 Å². The molecule has 0 saturated heterocycles. The zero-order chi connectivity index (χ0) is 17.9. The number of aromatic nitrogens is 2. The molecule has 24 heavy (non-hydrogen) atoms. The van der Waals surface area contributed by atoms with Crippen molar-refractivity contribution in [1.29, 1.82) is 0 Å². The standard InChI is InChI=1S/C16H22F3N3O2/c1-10(15(23)20-7-13-5-4-6-24-8-13)14-11(2)21-22(12(14)3)9-16(17,18)19/h5,10H,4,6-9H2,1-3H3,(H,20,23). The summed E-state index contributed by atoms with van der Waals surface area (Å²) >= 11 is 0. The Morgan fingerprint density at radius 3 is 2.75 bits per heavy atom. The summed E-state index contributed by atoms with van der Waals surface area (Å²) < 4.78 is 44.0. The van der Waals surface area contributed by atoms with Gasteiger partial charge in [0.1, 0.15) is 6.54 Å². The van der Waals surface area contributed by atoms with Crippen molar-refractivity contribution in [2.45, 2.75) is 45.8 Å². The van der Waals surface area contributed by atoms with E-state index in [2.05, 4.69) is 10.4 Å². The molecule has 1 N–H and O–H groups in total. The Bertz CT molecular complexity index is 635. The maximum atomic E-state index is 12.6. The second kappa shape index (κ2) is 7.38. The van der Waals surface area contributed by atoms with Crippen molar-refractivity contribution < 1.29 is 22.7 Å². The molecular weight excluding hydrogens is 323 g/mol. The molecule has 8 heteroatoms. The summed E-state index contributed by atoms with van der Waals surface area (Å²) in [5.74, 6) is -0.809. The third-order valence-corrected chi connectivity index (χ3v) is 4.07. The fourth-order valence-electron chi connectivity index (χ4n) is 2.88. The van der Waals surface area contributed by atoms with Crippen molar-refractivity contribution in [3.8, 4) is 0 Å². The van der Waals surface area contributed by atoms with Crippen LogP contribution in [0, 0.1) is 13.8 Å². The lowest BCUT2D eigenvalue weighted by molar-refractivity contribution is -0.143. The van der Waals surface area contributed by atoms with Crippen LogP contribution in [0.5, 0.6) is 0 Å². The summed E-state index contributed by atoms with van der Waals surface area (Å²) in [6.45, 7) is 5.27. The molecule has 0 bridgehead atoms. The molecule has 2 heterocycles. The molecule has 2 rings (SSSR count). The number of rotatable bonds is 5. The van der Waals surface area contributed by atoms with Gasteiger partial charge in [-0.1, -0.05) is 6.08 Å². The quantitative estimate of drug-likeness (QED) is 0.835. The lowest BCUT2D eigenvalue weighted by Crippen LogP contribution is -2.31. The van der Waals surface area contributed by atoms with Crippen LogP contribution in [0.25, 0.3) is 0 Å². The molecular formula is C16H22F3N3O2. The zero-order valence-electron chi connectivity index (χ0n) is 14.0. The lowest BCUT2D eigenvalue weighted by atomic mass is 9.98. The molecule has 1 unspecified atom stereocenters. The van der Waals surface area contributed by atoms with Gasteiger partial charge in [0.05, 0.1) is 24.8 Å². The van der Waals surface area contributed by atoms with E-state index in [4.69, 9.17) is 4.74 Å². The molecule has 0 radical (unpaired) electrons. The maximum absolute atomic E-state index is 12.6. The Kier molecular flexibility index (Phi) is 5.69. The number of alkyl halides is 3. The van der Waals surface area contributed by atoms with Crippen LogP contribution in [0.4, 0.5) is 13.2 Å². The van der Waals surface area contributed by atoms with E-state index in [1.54, 1.807) is 20.8 Å². The van der Waals surface area contributed by atoms with E-state index < -0.39 is 18.6 Å². The molecule has 0 spiro atoms. The molecule has 0 fully saturated rings. The number of nitrogens with zero attached hydrogens (tertiary/aromatic N) is 2. The van der Waals surface area contributed by atoms with Gasteiger partial charge in [0.15, 0.2) is 0 Å². The van der Waals surface area contributed by atoms with E-state index in [0.717, 1.165) is 16.7 Å². The number of halogens is 3. The van der Waals surface area contributed by atoms with Crippen molar-refractivity contribution in [3.05, 3.63) is 28.6 Å². The number of aryl methyl sites for hydroxylation is 1. The van der Waals surface area contributed by atoms with E-state index >= 15 is 0 Å². The van der Waals surface area contributed by atoms with Crippen LogP contribution in [0.1, 0.15) is 36.2 Å². The fourth-order valence-corrected chi connectivity index (χ4v) is 2.88. The number of carbonyl (C=O) groups is 1. The van der Waals surface area contributed by atoms with E-state index in [1.807, 2.05) is 6.08 Å². The smallest absolute Gasteiger partial charge is 0.377 e. The summed E-state index contributed by atoms with van der Waals surface area (Å²) in [6, 6.07) is 0. The van der Waals surface area contributed by atoms with Crippen LogP contribution in [-0.2, 0) is 16.1 Å². The predicted molar refractivity (Wildman–Crippen MR) is 82.7 cm³/mol. The minimum atomic E-state index is -4.35. The van der Waals surface area contributed by atoms with Crippen LogP contribution in [0.3, 0.4) is 0 Å². The minimum absolute atomic E-state index is 0.237. The molecule has 0 aliphatic carbocycles. The lowest BCUT2D eigenvalue weighted by Gasteiger charge is -2.17. The number of ether oxygens (including phenoxy) is 1. The van der Waals surface area contributed by atoms with Gasteiger partial charge in [0.2, 0.25) is 5.91 Å². The van der Waals surface area contributed by atoms with Crippen LogP contribution in [0.2, 0.25) is 0 Å². The third-order valence-electron chi connectivity index (χ3n) is 4.07. The van der Waals surface area contributed by atoms with E-state index in [0.29, 0.717) is 36.7 Å². The van der Waals surface area contributed by atoms with Crippen molar-refractivity contribution >= 4 is 5.91 Å². The van der Waals surface area contributed by atoms with Crippen molar-refractivity contribution in [3.63, 3.8) is 0 Å². The Labute approximate surface area is 138 Å². The molecule has 0 saturated carbocycles. The first-order valence-corrected chi connectivity index (χ1v) is 7.83. The van der Waals surface area contributed by atoms with Gasteiger partial charge in [-0.3, -0.25) is 9.48 Å². The minimum Gasteiger partial charge on any atom is -0.377 e. The Morgan fingerprint density at radius 2 is 2.17 bits per heavy atom. The summed E-state index contributed by atoms with van der Waals surface area (Å²) in [5, 5.41) is 6.75. The van der Waals surface area contributed by atoms with Crippen LogP contribution in [0.15, 0.2) is 11.6 Å². The van der Waals surface area contributed by atoms with E-state index in [-0.39, 0.29) is 5.91 Å². The van der Waals surface area contributed by atoms with Crippen LogP contribution in [-0.4, -0.2) is 41.6 Å². The van der Waals surface area contributed by atoms with Gasteiger partial charge < -0.3 is 10.1 Å². The number of carbonyl (C=O) groups excluding carboxylic acids is 1. The first kappa shape index (κ1) is 18.5. The molecule has 0 aromatic carbocycles. The first-order valence-electron chi connectivity index (χ1n) is 7.83. The third kappa shape index (κ3) is 4.59.